The standard InChI is InChI=1S/C18H18N4/c19-15-7-5-13(9-17(15)21)11-1-2-12(4-3-11)14-6-8-16(20)18(22)10-14/h1-10H,19-22H2. The Balaban J connectivity index is 1.95. The first-order valence-corrected chi connectivity index (χ1v) is 6.95. The molecule has 0 unspecified atom stereocenters. The number of rotatable bonds is 2. The summed E-state index contributed by atoms with van der Waals surface area (Å²) < 4.78 is 0. The van der Waals surface area contributed by atoms with Gasteiger partial charge in [0.25, 0.3) is 0 Å². The molecule has 0 bridgehead atoms. The van der Waals surface area contributed by atoms with Gasteiger partial charge in [0.1, 0.15) is 0 Å². The molecule has 0 heterocycles. The van der Waals surface area contributed by atoms with Crippen LogP contribution in [0, 0.1) is 0 Å². The molecule has 0 aliphatic heterocycles. The second-order valence-electron chi connectivity index (χ2n) is 5.26. The van der Waals surface area contributed by atoms with E-state index in [1.54, 1.807) is 0 Å². The van der Waals surface area contributed by atoms with Gasteiger partial charge in [-0.2, -0.15) is 0 Å². The van der Waals surface area contributed by atoms with E-state index in [1.165, 1.54) is 0 Å². The van der Waals surface area contributed by atoms with Crippen LogP contribution in [-0.4, -0.2) is 0 Å². The van der Waals surface area contributed by atoms with E-state index in [0.717, 1.165) is 22.3 Å². The SMILES string of the molecule is Nc1ccc(-c2ccc(-c3ccc(N)c(N)c3)cc2)cc1N. The van der Waals surface area contributed by atoms with Crippen molar-refractivity contribution in [2.24, 2.45) is 0 Å². The van der Waals surface area contributed by atoms with Gasteiger partial charge in [-0.25, -0.2) is 0 Å². The van der Waals surface area contributed by atoms with E-state index in [1.807, 2.05) is 60.7 Å². The zero-order valence-electron chi connectivity index (χ0n) is 12.1. The van der Waals surface area contributed by atoms with Gasteiger partial charge in [-0.15, -0.1) is 0 Å². The largest absolute Gasteiger partial charge is 0.397 e. The molecule has 4 nitrogen and oxygen atoms in total. The second-order valence-corrected chi connectivity index (χ2v) is 5.26. The Morgan fingerprint density at radius 3 is 1.00 bits per heavy atom. The minimum atomic E-state index is 0.591. The van der Waals surface area contributed by atoms with E-state index in [4.69, 9.17) is 22.9 Å². The highest BCUT2D eigenvalue weighted by atomic mass is 14.7. The molecule has 3 rings (SSSR count). The van der Waals surface area contributed by atoms with Gasteiger partial charge in [-0.05, 0) is 46.5 Å². The van der Waals surface area contributed by atoms with Crippen LogP contribution in [0.5, 0.6) is 0 Å². The summed E-state index contributed by atoms with van der Waals surface area (Å²) in [5.41, 5.74) is 29.8. The highest BCUT2D eigenvalue weighted by Crippen LogP contribution is 2.29. The molecule has 3 aromatic rings. The molecule has 22 heavy (non-hydrogen) atoms. The zero-order valence-corrected chi connectivity index (χ0v) is 12.1. The predicted octanol–water partition coefficient (Wildman–Crippen LogP) is 3.35. The van der Waals surface area contributed by atoms with Gasteiger partial charge in [0, 0.05) is 0 Å². The van der Waals surface area contributed by atoms with Crippen molar-refractivity contribution in [3.63, 3.8) is 0 Å². The molecule has 0 spiro atoms. The summed E-state index contributed by atoms with van der Waals surface area (Å²) >= 11 is 0. The van der Waals surface area contributed by atoms with Crippen molar-refractivity contribution in [2.75, 3.05) is 22.9 Å². The van der Waals surface area contributed by atoms with Crippen LogP contribution in [-0.2, 0) is 0 Å². The first kappa shape index (κ1) is 13.8. The monoisotopic (exact) mass is 290 g/mol. The molecule has 0 fully saturated rings. The van der Waals surface area contributed by atoms with Crippen LogP contribution in [0.1, 0.15) is 0 Å². The molecule has 0 aromatic heterocycles. The molecule has 0 aliphatic carbocycles. The smallest absolute Gasteiger partial charge is 0.0554 e. The molecule has 3 aromatic carbocycles. The normalized spacial score (nSPS) is 10.5. The van der Waals surface area contributed by atoms with Crippen molar-refractivity contribution in [1.82, 2.24) is 0 Å². The number of hydrogen-bond donors (Lipinski definition) is 4. The number of hydrogen-bond acceptors (Lipinski definition) is 4. The summed E-state index contributed by atoms with van der Waals surface area (Å²) in [5, 5.41) is 0. The van der Waals surface area contributed by atoms with Crippen LogP contribution in [0.4, 0.5) is 22.7 Å². The average molecular weight is 290 g/mol. The van der Waals surface area contributed by atoms with Crippen LogP contribution >= 0.6 is 0 Å². The van der Waals surface area contributed by atoms with Crippen molar-refractivity contribution >= 4 is 22.7 Å². The summed E-state index contributed by atoms with van der Waals surface area (Å²) in [4.78, 5) is 0. The van der Waals surface area contributed by atoms with Crippen molar-refractivity contribution in [1.29, 1.82) is 0 Å². The van der Waals surface area contributed by atoms with Crippen molar-refractivity contribution in [3.05, 3.63) is 60.7 Å². The summed E-state index contributed by atoms with van der Waals surface area (Å²) in [6, 6.07) is 19.5. The van der Waals surface area contributed by atoms with Gasteiger partial charge in [0.2, 0.25) is 0 Å². The fourth-order valence-corrected chi connectivity index (χ4v) is 2.36. The predicted molar refractivity (Wildman–Crippen MR) is 95.0 cm³/mol. The molecule has 0 atom stereocenters. The molecule has 110 valence electrons. The van der Waals surface area contributed by atoms with Crippen molar-refractivity contribution in [3.8, 4) is 22.3 Å². The quantitative estimate of drug-likeness (QED) is 0.543. The van der Waals surface area contributed by atoms with Crippen LogP contribution in [0.2, 0.25) is 0 Å². The lowest BCUT2D eigenvalue weighted by atomic mass is 9.99. The third-order valence-electron chi connectivity index (χ3n) is 3.73. The van der Waals surface area contributed by atoms with Gasteiger partial charge < -0.3 is 22.9 Å². The van der Waals surface area contributed by atoms with Gasteiger partial charge in [-0.1, -0.05) is 36.4 Å². The maximum atomic E-state index is 5.86. The van der Waals surface area contributed by atoms with Gasteiger partial charge in [0.05, 0.1) is 22.7 Å². The van der Waals surface area contributed by atoms with E-state index < -0.39 is 0 Å². The second kappa shape index (κ2) is 5.33. The molecule has 0 saturated carbocycles. The zero-order chi connectivity index (χ0) is 15.7. The van der Waals surface area contributed by atoms with E-state index in [2.05, 4.69) is 0 Å². The highest BCUT2D eigenvalue weighted by Gasteiger charge is 2.04. The number of nitrogen functional groups attached to an aromatic ring is 4. The fourth-order valence-electron chi connectivity index (χ4n) is 2.36. The van der Waals surface area contributed by atoms with E-state index >= 15 is 0 Å². The third kappa shape index (κ3) is 2.54. The van der Waals surface area contributed by atoms with Crippen LogP contribution in [0.25, 0.3) is 22.3 Å². The van der Waals surface area contributed by atoms with Crippen LogP contribution in [0.3, 0.4) is 0 Å². The van der Waals surface area contributed by atoms with Crippen molar-refractivity contribution < 1.29 is 0 Å². The number of nitrogens with two attached hydrogens (primary N) is 4. The Morgan fingerprint density at radius 1 is 0.364 bits per heavy atom. The molecular weight excluding hydrogens is 272 g/mol. The van der Waals surface area contributed by atoms with E-state index in [0.29, 0.717) is 22.7 Å². The molecule has 0 amide bonds. The Kier molecular flexibility index (Phi) is 3.35. The van der Waals surface area contributed by atoms with Gasteiger partial charge in [0.15, 0.2) is 0 Å². The van der Waals surface area contributed by atoms with Crippen LogP contribution in [0.15, 0.2) is 60.7 Å². The lowest BCUT2D eigenvalue weighted by Gasteiger charge is -2.08. The van der Waals surface area contributed by atoms with Crippen LogP contribution < -0.4 is 22.9 Å². The lowest BCUT2D eigenvalue weighted by Crippen LogP contribution is -1.94. The molecular formula is C18H18N4. The summed E-state index contributed by atoms with van der Waals surface area (Å²) in [5.74, 6) is 0. The molecule has 0 radical (unpaired) electrons. The third-order valence-corrected chi connectivity index (χ3v) is 3.73. The maximum absolute atomic E-state index is 5.86. The highest BCUT2D eigenvalue weighted by molar-refractivity contribution is 5.78. The Labute approximate surface area is 129 Å². The maximum Gasteiger partial charge on any atom is 0.0554 e. The van der Waals surface area contributed by atoms with Gasteiger partial charge in [-0.3, -0.25) is 0 Å². The minimum absolute atomic E-state index is 0.591. The first-order valence-electron chi connectivity index (χ1n) is 6.95. The average Bonchev–Trinajstić information content (AvgIpc) is 2.53. The van der Waals surface area contributed by atoms with Gasteiger partial charge >= 0.3 is 0 Å². The lowest BCUT2D eigenvalue weighted by molar-refractivity contribution is 1.58. The van der Waals surface area contributed by atoms with E-state index in [-0.39, 0.29) is 0 Å². The summed E-state index contributed by atoms with van der Waals surface area (Å²) in [6.45, 7) is 0. The first-order chi connectivity index (χ1) is 10.5. The Morgan fingerprint density at radius 2 is 0.682 bits per heavy atom. The van der Waals surface area contributed by atoms with Crippen molar-refractivity contribution in [2.45, 2.75) is 0 Å². The minimum Gasteiger partial charge on any atom is -0.397 e. The topological polar surface area (TPSA) is 104 Å². The van der Waals surface area contributed by atoms with E-state index in [9.17, 15) is 0 Å². The Bertz CT molecular complexity index is 752. The number of anilines is 4. The molecule has 0 saturated heterocycles. The summed E-state index contributed by atoms with van der Waals surface area (Å²) in [7, 11) is 0. The fraction of sp³-hybridized carbons (Fsp3) is 0. The number of benzene rings is 3. The molecule has 0 aliphatic rings. The molecule has 4 heteroatoms. The molecule has 8 N–H and O–H groups in total. The summed E-state index contributed by atoms with van der Waals surface area (Å²) in [6.07, 6.45) is 0. The Hall–Kier alpha value is -3.14.